The van der Waals surface area contributed by atoms with Crippen molar-refractivity contribution in [3.63, 3.8) is 0 Å². The van der Waals surface area contributed by atoms with Crippen molar-refractivity contribution in [1.82, 2.24) is 4.57 Å². The Hall–Kier alpha value is -6.38. The van der Waals surface area contributed by atoms with Gasteiger partial charge < -0.3 is 9.47 Å². The molecule has 4 bridgehead atoms. The van der Waals surface area contributed by atoms with E-state index in [4.69, 9.17) is 0 Å². The van der Waals surface area contributed by atoms with Crippen molar-refractivity contribution in [2.75, 3.05) is 4.90 Å². The summed E-state index contributed by atoms with van der Waals surface area (Å²) in [6, 6.07) is 68.1. The summed E-state index contributed by atoms with van der Waals surface area (Å²) in [4.78, 5) is 2.45. The first-order valence-electron chi connectivity index (χ1n) is 20.9. The van der Waals surface area contributed by atoms with Crippen LogP contribution in [0.15, 0.2) is 182 Å². The predicted octanol–water partition coefficient (Wildman–Crippen LogP) is 15.1. The van der Waals surface area contributed by atoms with Crippen LogP contribution in [0.2, 0.25) is 0 Å². The zero-order valence-electron chi connectivity index (χ0n) is 32.1. The third-order valence-electron chi connectivity index (χ3n) is 13.7. The fraction of sp³-hybridized carbons (Fsp3) is 0.164. The van der Waals surface area contributed by atoms with Crippen LogP contribution in [-0.2, 0) is 0 Å². The molecule has 0 spiro atoms. The van der Waals surface area contributed by atoms with Crippen LogP contribution in [-0.4, -0.2) is 4.57 Å². The first-order chi connectivity index (χ1) is 28.2. The number of nitrogens with zero attached hydrogens (tertiary/aromatic N) is 2. The molecule has 1 heterocycles. The first-order valence-corrected chi connectivity index (χ1v) is 20.9. The van der Waals surface area contributed by atoms with E-state index in [1.54, 1.807) is 11.1 Å². The molecule has 8 aromatic carbocycles. The van der Waals surface area contributed by atoms with Crippen LogP contribution in [0.5, 0.6) is 0 Å². The smallest absolute Gasteiger partial charge is 0.0542 e. The van der Waals surface area contributed by atoms with Gasteiger partial charge >= 0.3 is 0 Å². The molecular formula is C55H44N2. The second-order valence-corrected chi connectivity index (χ2v) is 17.0. The van der Waals surface area contributed by atoms with Crippen molar-refractivity contribution < 1.29 is 0 Å². The summed E-state index contributed by atoms with van der Waals surface area (Å²) in [5.74, 6) is 3.05. The molecule has 2 atom stereocenters. The lowest BCUT2D eigenvalue weighted by atomic mass is 9.63. The highest BCUT2D eigenvalue weighted by molar-refractivity contribution is 6.11. The Morgan fingerprint density at radius 1 is 0.404 bits per heavy atom. The molecule has 1 aromatic heterocycles. The van der Waals surface area contributed by atoms with Crippen molar-refractivity contribution in [1.29, 1.82) is 0 Å². The van der Waals surface area contributed by atoms with Gasteiger partial charge in [-0.05, 0) is 149 Å². The number of benzene rings is 8. The maximum atomic E-state index is 2.57. The summed E-state index contributed by atoms with van der Waals surface area (Å²) in [7, 11) is 0. The second kappa shape index (κ2) is 13.1. The Labute approximate surface area is 334 Å². The average molecular weight is 733 g/mol. The van der Waals surface area contributed by atoms with Crippen molar-refractivity contribution >= 4 is 49.6 Å². The molecule has 0 saturated heterocycles. The van der Waals surface area contributed by atoms with Crippen LogP contribution in [0.1, 0.15) is 55.1 Å². The highest BCUT2D eigenvalue weighted by Gasteiger charge is 2.40. The Kier molecular flexibility index (Phi) is 7.54. The monoisotopic (exact) mass is 732 g/mol. The lowest BCUT2D eigenvalue weighted by Crippen LogP contribution is -2.29. The standard InChI is InChI=1S/C55H44N2/c1-2-13-43(14-3-1)57-54-19-9-8-18-50(54)52-35-45(26-28-55(52)57)56(53-20-10-12-39-11-4-5-16-47(39)53)44-24-21-38(22-25-44)40-23-27-49-48-17-7-6-15-46(48)41-30-36-29-37(31-41)33-42(32-36)51(49)34-40/h1-28,34-37,41-42H,29-33H2. The van der Waals surface area contributed by atoms with Crippen LogP contribution in [0.3, 0.4) is 0 Å². The van der Waals surface area contributed by atoms with Gasteiger partial charge in [-0.15, -0.1) is 0 Å². The van der Waals surface area contributed by atoms with Gasteiger partial charge in [-0.25, -0.2) is 0 Å². The van der Waals surface area contributed by atoms with Crippen LogP contribution in [0.4, 0.5) is 17.1 Å². The number of anilines is 3. The summed E-state index contributed by atoms with van der Waals surface area (Å²) in [6.07, 6.45) is 6.83. The summed E-state index contributed by atoms with van der Waals surface area (Å²) in [5, 5.41) is 4.97. The SMILES string of the molecule is c1ccc(-n2c3ccccc3c3cc(N(c4ccc(-c5ccc6c(c5)C5CC7CC(CC(C7)c7ccccc7-6)C5)cc4)c4cccc5ccccc45)ccc32)cc1. The van der Waals surface area contributed by atoms with Crippen molar-refractivity contribution in [2.45, 2.75) is 43.9 Å². The number of fused-ring (bicyclic) bond motifs is 4. The van der Waals surface area contributed by atoms with Gasteiger partial charge in [0.2, 0.25) is 0 Å². The van der Waals surface area contributed by atoms with E-state index in [2.05, 4.69) is 191 Å². The topological polar surface area (TPSA) is 8.17 Å². The lowest BCUT2D eigenvalue weighted by molar-refractivity contribution is 0.153. The molecule has 0 amide bonds. The number of aromatic nitrogens is 1. The van der Waals surface area contributed by atoms with E-state index in [0.29, 0.717) is 11.8 Å². The molecule has 57 heavy (non-hydrogen) atoms. The fourth-order valence-corrected chi connectivity index (χ4v) is 11.4. The lowest BCUT2D eigenvalue weighted by Gasteiger charge is -2.42. The minimum Gasteiger partial charge on any atom is -0.310 e. The van der Waals surface area contributed by atoms with Gasteiger partial charge in [0.25, 0.3) is 0 Å². The molecule has 2 heteroatoms. The van der Waals surface area contributed by atoms with Crippen molar-refractivity contribution in [3.8, 4) is 27.9 Å². The minimum absolute atomic E-state index is 0.639. The van der Waals surface area contributed by atoms with E-state index in [1.165, 1.54) is 98.3 Å². The molecule has 0 aliphatic heterocycles. The molecule has 0 N–H and O–H groups in total. The van der Waals surface area contributed by atoms with E-state index < -0.39 is 0 Å². The predicted molar refractivity (Wildman–Crippen MR) is 239 cm³/mol. The molecule has 13 rings (SSSR count). The number of rotatable bonds is 5. The molecule has 2 nitrogen and oxygen atoms in total. The minimum atomic E-state index is 0.639. The molecule has 0 radical (unpaired) electrons. The molecule has 4 aliphatic carbocycles. The van der Waals surface area contributed by atoms with E-state index in [1.807, 2.05) is 0 Å². The van der Waals surface area contributed by atoms with Crippen molar-refractivity contribution in [2.24, 2.45) is 11.8 Å². The third kappa shape index (κ3) is 5.38. The Morgan fingerprint density at radius 2 is 1.04 bits per heavy atom. The summed E-state index contributed by atoms with van der Waals surface area (Å²) >= 11 is 0. The van der Waals surface area contributed by atoms with Crippen LogP contribution in [0, 0.1) is 11.8 Å². The van der Waals surface area contributed by atoms with Gasteiger partial charge in [-0.1, -0.05) is 127 Å². The number of hydrogen-bond acceptors (Lipinski definition) is 1. The molecule has 2 unspecified atom stereocenters. The summed E-state index contributed by atoms with van der Waals surface area (Å²) in [6.45, 7) is 0. The largest absolute Gasteiger partial charge is 0.310 e. The van der Waals surface area contributed by atoms with E-state index in [-0.39, 0.29) is 0 Å². The maximum absolute atomic E-state index is 2.57. The molecule has 9 aromatic rings. The van der Waals surface area contributed by atoms with Gasteiger partial charge in [-0.2, -0.15) is 0 Å². The quantitative estimate of drug-likeness (QED) is 0.171. The normalized spacial score (nSPS) is 19.6. The molecule has 274 valence electrons. The van der Waals surface area contributed by atoms with Crippen LogP contribution < -0.4 is 4.90 Å². The van der Waals surface area contributed by atoms with Crippen LogP contribution >= 0.6 is 0 Å². The van der Waals surface area contributed by atoms with Crippen LogP contribution in [0.25, 0.3) is 60.5 Å². The fourth-order valence-electron chi connectivity index (χ4n) is 11.4. The molecule has 2 fully saturated rings. The van der Waals surface area contributed by atoms with Gasteiger partial charge in [0.15, 0.2) is 0 Å². The zero-order chi connectivity index (χ0) is 37.5. The highest BCUT2D eigenvalue weighted by Crippen LogP contribution is 2.55. The Bertz CT molecular complexity index is 2950. The van der Waals surface area contributed by atoms with Gasteiger partial charge in [0.05, 0.1) is 16.7 Å². The zero-order valence-corrected chi connectivity index (χ0v) is 32.1. The highest BCUT2D eigenvalue weighted by atomic mass is 15.1. The van der Waals surface area contributed by atoms with Crippen molar-refractivity contribution in [3.05, 3.63) is 193 Å². The molecule has 4 aliphatic rings. The van der Waals surface area contributed by atoms with E-state index in [0.717, 1.165) is 23.2 Å². The summed E-state index contributed by atoms with van der Waals surface area (Å²) < 4.78 is 2.39. The van der Waals surface area contributed by atoms with E-state index in [9.17, 15) is 0 Å². The second-order valence-electron chi connectivity index (χ2n) is 17.0. The number of para-hydroxylation sites is 2. The van der Waals surface area contributed by atoms with E-state index >= 15 is 0 Å². The maximum Gasteiger partial charge on any atom is 0.0542 e. The Morgan fingerprint density at radius 3 is 1.88 bits per heavy atom. The molecule has 2 saturated carbocycles. The third-order valence-corrected chi connectivity index (χ3v) is 13.7. The first kappa shape index (κ1) is 32.8. The van der Waals surface area contributed by atoms with Gasteiger partial charge in [0.1, 0.15) is 0 Å². The van der Waals surface area contributed by atoms with Gasteiger partial charge in [0, 0.05) is 33.2 Å². The molecular weight excluding hydrogens is 689 g/mol. The Balaban J connectivity index is 0.992. The van der Waals surface area contributed by atoms with Gasteiger partial charge in [-0.3, -0.25) is 0 Å². The summed E-state index contributed by atoms with van der Waals surface area (Å²) in [5.41, 5.74) is 15.7. The average Bonchev–Trinajstić information content (AvgIpc) is 3.62. The number of hydrogen-bond donors (Lipinski definition) is 0.